The summed E-state index contributed by atoms with van der Waals surface area (Å²) in [4.78, 5) is 29.6. The highest BCUT2D eigenvalue weighted by Crippen LogP contribution is 2.30. The van der Waals surface area contributed by atoms with Gasteiger partial charge in [-0.1, -0.05) is 37.3 Å². The Morgan fingerprint density at radius 3 is 2.97 bits per heavy atom. The summed E-state index contributed by atoms with van der Waals surface area (Å²) in [6, 6.07) is 7.91. The van der Waals surface area contributed by atoms with Crippen molar-refractivity contribution in [3.63, 3.8) is 0 Å². The number of fused-ring (bicyclic) bond motifs is 2. The Hall–Kier alpha value is -3.74. The Kier molecular flexibility index (Phi) is 4.66. The van der Waals surface area contributed by atoms with Crippen LogP contribution in [0.4, 0.5) is 5.82 Å². The fourth-order valence-electron chi connectivity index (χ4n) is 4.32. The molecule has 0 amide bonds. The van der Waals surface area contributed by atoms with Crippen molar-refractivity contribution in [1.82, 2.24) is 24.5 Å². The average molecular weight is 412 g/mol. The van der Waals surface area contributed by atoms with Crippen LogP contribution in [0.5, 0.6) is 0 Å². The molecular formula is C24H24N6O. The van der Waals surface area contributed by atoms with E-state index in [0.717, 1.165) is 39.7 Å². The third kappa shape index (κ3) is 3.22. The minimum absolute atomic E-state index is 0.0158. The number of aryl methyl sites for hydroxylation is 1. The number of allylic oxidation sites excluding steroid dienone is 4. The van der Waals surface area contributed by atoms with E-state index in [1.54, 1.807) is 6.33 Å². The van der Waals surface area contributed by atoms with Crippen LogP contribution in [0.3, 0.4) is 0 Å². The predicted molar refractivity (Wildman–Crippen MR) is 124 cm³/mol. The van der Waals surface area contributed by atoms with Crippen molar-refractivity contribution in [3.8, 4) is 0 Å². The number of hydrogen-bond donors (Lipinski definition) is 2. The van der Waals surface area contributed by atoms with E-state index < -0.39 is 0 Å². The number of hydrogen-bond acceptors (Lipinski definition) is 5. The molecular weight excluding hydrogens is 388 g/mol. The lowest BCUT2D eigenvalue weighted by atomic mass is 9.96. The second-order valence-electron chi connectivity index (χ2n) is 8.09. The maximum atomic E-state index is 13.8. The third-order valence-electron chi connectivity index (χ3n) is 5.96. The van der Waals surface area contributed by atoms with Gasteiger partial charge in [0, 0.05) is 17.3 Å². The molecule has 7 nitrogen and oxygen atoms in total. The largest absolute Gasteiger partial charge is 0.360 e. The fourth-order valence-corrected chi connectivity index (χ4v) is 4.32. The lowest BCUT2D eigenvalue weighted by Crippen LogP contribution is -2.29. The average Bonchev–Trinajstić information content (AvgIpc) is 3.24. The first-order valence-electron chi connectivity index (χ1n) is 10.5. The Bertz CT molecular complexity index is 1410. The molecule has 3 aromatic heterocycles. The second-order valence-corrected chi connectivity index (χ2v) is 8.09. The van der Waals surface area contributed by atoms with E-state index in [1.807, 2.05) is 48.8 Å². The van der Waals surface area contributed by atoms with Crippen molar-refractivity contribution in [2.24, 2.45) is 5.92 Å². The van der Waals surface area contributed by atoms with Gasteiger partial charge in [-0.3, -0.25) is 9.36 Å². The summed E-state index contributed by atoms with van der Waals surface area (Å²) in [7, 11) is 0. The molecule has 5 rings (SSSR count). The van der Waals surface area contributed by atoms with Gasteiger partial charge in [0.1, 0.15) is 11.8 Å². The van der Waals surface area contributed by atoms with Crippen LogP contribution in [-0.2, 0) is 0 Å². The van der Waals surface area contributed by atoms with Crippen molar-refractivity contribution in [3.05, 3.63) is 76.8 Å². The number of nitrogens with one attached hydrogen (secondary N) is 2. The van der Waals surface area contributed by atoms with E-state index in [1.165, 1.54) is 6.33 Å². The molecule has 0 fully saturated rings. The summed E-state index contributed by atoms with van der Waals surface area (Å²) in [5.41, 5.74) is 4.25. The molecule has 156 valence electrons. The summed E-state index contributed by atoms with van der Waals surface area (Å²) in [6.07, 6.45) is 10.2. The highest BCUT2D eigenvalue weighted by Gasteiger charge is 2.22. The van der Waals surface area contributed by atoms with Crippen LogP contribution in [0, 0.1) is 12.8 Å². The van der Waals surface area contributed by atoms with Gasteiger partial charge in [0.2, 0.25) is 0 Å². The molecule has 0 bridgehead atoms. The van der Waals surface area contributed by atoms with Gasteiger partial charge in [0.15, 0.2) is 11.5 Å². The number of imidazole rings is 1. The van der Waals surface area contributed by atoms with Crippen molar-refractivity contribution >= 4 is 33.5 Å². The van der Waals surface area contributed by atoms with Gasteiger partial charge in [0.05, 0.1) is 17.8 Å². The zero-order valence-electron chi connectivity index (χ0n) is 17.8. The molecule has 1 aliphatic rings. The number of aromatic amines is 1. The smallest absolute Gasteiger partial charge is 0.263 e. The topological polar surface area (TPSA) is 88.5 Å². The fraction of sp³-hybridized carbons (Fsp3) is 0.250. The maximum Gasteiger partial charge on any atom is 0.263 e. The van der Waals surface area contributed by atoms with Crippen LogP contribution < -0.4 is 10.9 Å². The lowest BCUT2D eigenvalue weighted by molar-refractivity contribution is 0.678. The van der Waals surface area contributed by atoms with Crippen LogP contribution in [0.2, 0.25) is 0 Å². The van der Waals surface area contributed by atoms with E-state index in [0.29, 0.717) is 11.5 Å². The van der Waals surface area contributed by atoms with Gasteiger partial charge in [0.25, 0.3) is 5.56 Å². The van der Waals surface area contributed by atoms with E-state index >= 15 is 0 Å². The van der Waals surface area contributed by atoms with Crippen LogP contribution >= 0.6 is 0 Å². The van der Waals surface area contributed by atoms with E-state index in [4.69, 9.17) is 0 Å². The van der Waals surface area contributed by atoms with Crippen LogP contribution in [-0.4, -0.2) is 24.5 Å². The first-order chi connectivity index (χ1) is 15.0. The first-order valence-corrected chi connectivity index (χ1v) is 10.5. The molecule has 2 N–H and O–H groups in total. The molecule has 7 heteroatoms. The summed E-state index contributed by atoms with van der Waals surface area (Å²) < 4.78 is 1.88. The summed E-state index contributed by atoms with van der Waals surface area (Å²) in [5.74, 6) is 0.900. The molecule has 0 radical (unpaired) electrons. The van der Waals surface area contributed by atoms with Gasteiger partial charge in [-0.2, -0.15) is 0 Å². The third-order valence-corrected chi connectivity index (χ3v) is 5.96. The first kappa shape index (κ1) is 19.2. The number of pyridine rings is 1. The van der Waals surface area contributed by atoms with E-state index in [9.17, 15) is 4.79 Å². The van der Waals surface area contributed by atoms with Gasteiger partial charge in [-0.05, 0) is 43.4 Å². The molecule has 0 spiro atoms. The van der Waals surface area contributed by atoms with Gasteiger partial charge >= 0.3 is 0 Å². The van der Waals surface area contributed by atoms with E-state index in [2.05, 4.69) is 44.3 Å². The number of anilines is 1. The van der Waals surface area contributed by atoms with Crippen LogP contribution in [0.15, 0.2) is 59.9 Å². The Balaban J connectivity index is 1.71. The molecule has 1 aromatic carbocycles. The molecule has 2 atom stereocenters. The monoisotopic (exact) mass is 412 g/mol. The molecule has 0 saturated heterocycles. The highest BCUT2D eigenvalue weighted by atomic mass is 16.1. The number of nitrogens with zero attached hydrogens (tertiary/aromatic N) is 4. The number of H-pyrrole nitrogens is 1. The SMILES string of the molecule is Cc1cccc2cc(C(C)Nc3ncnc4nc[nH]c34)n(C3=CC=CCC3C)c(=O)c12. The lowest BCUT2D eigenvalue weighted by Gasteiger charge is -2.26. The van der Waals surface area contributed by atoms with Crippen molar-refractivity contribution in [1.29, 1.82) is 0 Å². The minimum Gasteiger partial charge on any atom is -0.360 e. The van der Waals surface area contributed by atoms with Crippen molar-refractivity contribution < 1.29 is 0 Å². The van der Waals surface area contributed by atoms with Gasteiger partial charge in [-0.25, -0.2) is 15.0 Å². The maximum absolute atomic E-state index is 13.8. The molecule has 31 heavy (non-hydrogen) atoms. The molecule has 0 aliphatic heterocycles. The summed E-state index contributed by atoms with van der Waals surface area (Å²) >= 11 is 0. The minimum atomic E-state index is -0.182. The van der Waals surface area contributed by atoms with E-state index in [-0.39, 0.29) is 17.5 Å². The molecule has 2 unspecified atom stereocenters. The standard InChI is InChI=1S/C24H24N6O/c1-14-7-4-5-10-18(14)30-19(11-17-9-6-8-15(2)20(17)24(30)31)16(3)29-23-21-22(26-12-25-21)27-13-28-23/h4-6,8-14,16H,7H2,1-3H3,(H2,25,26,27,28,29). The van der Waals surface area contributed by atoms with Gasteiger partial charge in [-0.15, -0.1) is 0 Å². The predicted octanol–water partition coefficient (Wildman–Crippen LogP) is 4.59. The van der Waals surface area contributed by atoms with Crippen molar-refractivity contribution in [2.75, 3.05) is 5.32 Å². The van der Waals surface area contributed by atoms with Crippen LogP contribution in [0.1, 0.15) is 37.6 Å². The zero-order chi connectivity index (χ0) is 21.5. The van der Waals surface area contributed by atoms with Crippen LogP contribution in [0.25, 0.3) is 27.6 Å². The quantitative estimate of drug-likeness (QED) is 0.512. The number of rotatable bonds is 4. The molecule has 0 saturated carbocycles. The Morgan fingerprint density at radius 1 is 1.26 bits per heavy atom. The van der Waals surface area contributed by atoms with Crippen molar-refractivity contribution in [2.45, 2.75) is 33.2 Å². The number of benzene rings is 1. The van der Waals surface area contributed by atoms with Gasteiger partial charge < -0.3 is 10.3 Å². The number of aromatic nitrogens is 5. The second kappa shape index (κ2) is 7.50. The summed E-state index contributed by atoms with van der Waals surface area (Å²) in [5, 5.41) is 5.17. The molecule has 1 aliphatic carbocycles. The Morgan fingerprint density at radius 2 is 2.13 bits per heavy atom. The highest BCUT2D eigenvalue weighted by molar-refractivity contribution is 5.86. The summed E-state index contributed by atoms with van der Waals surface area (Å²) in [6.45, 7) is 6.19. The zero-order valence-corrected chi connectivity index (χ0v) is 17.8. The molecule has 4 aromatic rings. The normalized spacial score (nSPS) is 17.1. The Labute approximate surface area is 179 Å². The molecule has 3 heterocycles.